The summed E-state index contributed by atoms with van der Waals surface area (Å²) in [5.41, 5.74) is -0.535. The second-order valence-electron chi connectivity index (χ2n) is 4.96. The number of carbonyl (C=O) groups excluding carboxylic acids is 2. The van der Waals surface area contributed by atoms with Crippen molar-refractivity contribution in [2.45, 2.75) is 4.90 Å². The second kappa shape index (κ2) is 3.91. The highest BCUT2D eigenvalue weighted by Crippen LogP contribution is 3.02. The van der Waals surface area contributed by atoms with E-state index in [1.165, 1.54) is 24.3 Å². The van der Waals surface area contributed by atoms with Gasteiger partial charge < -0.3 is 0 Å². The average molecular weight is 349 g/mol. The lowest BCUT2D eigenvalue weighted by molar-refractivity contribution is 0.0926. The van der Waals surface area contributed by atoms with Crippen molar-refractivity contribution in [1.29, 1.82) is 0 Å². The molecule has 1 aliphatic heterocycles. The maximum atomic E-state index is 12.9. The van der Waals surface area contributed by atoms with E-state index in [-0.39, 0.29) is 23.3 Å². The van der Waals surface area contributed by atoms with Crippen LogP contribution in [0.3, 0.4) is 0 Å². The fourth-order valence-corrected chi connectivity index (χ4v) is 2.97. The number of carbonyl (C=O) groups is 2. The summed E-state index contributed by atoms with van der Waals surface area (Å²) in [5, 5.41) is 0. The Hall–Kier alpha value is -2.42. The van der Waals surface area contributed by atoms with E-state index in [2.05, 4.69) is 0 Å². The summed E-state index contributed by atoms with van der Waals surface area (Å²) in [6.07, 6.45) is 0. The fourth-order valence-electron chi connectivity index (χ4n) is 2.29. The summed E-state index contributed by atoms with van der Waals surface area (Å²) in [4.78, 5) is 22.7. The number of amides is 2. The number of imide groups is 1. The highest BCUT2D eigenvalue weighted by atomic mass is 32.5. The molecule has 0 unspecified atom stereocenters. The van der Waals surface area contributed by atoms with E-state index < -0.39 is 32.6 Å². The van der Waals surface area contributed by atoms with E-state index in [0.717, 1.165) is 12.1 Å². The van der Waals surface area contributed by atoms with Gasteiger partial charge in [-0.2, -0.15) is 0 Å². The van der Waals surface area contributed by atoms with Gasteiger partial charge in [0.1, 0.15) is 4.90 Å². The van der Waals surface area contributed by atoms with Gasteiger partial charge in [-0.1, -0.05) is 37.6 Å². The van der Waals surface area contributed by atoms with Crippen LogP contribution < -0.4 is 4.90 Å². The number of benzene rings is 2. The number of hydrogen-bond acceptors (Lipinski definition) is 2. The summed E-state index contributed by atoms with van der Waals surface area (Å²) >= 11 is 0. The third kappa shape index (κ3) is 2.56. The largest absolute Gasteiger partial charge is 0.310 e. The van der Waals surface area contributed by atoms with Gasteiger partial charge in [-0.3, -0.25) is 9.59 Å². The van der Waals surface area contributed by atoms with Crippen LogP contribution in [0.5, 0.6) is 0 Å². The maximum Gasteiger partial charge on any atom is 0.310 e. The number of nitrogens with zero attached hydrogens (tertiary/aromatic N) is 1. The van der Waals surface area contributed by atoms with Gasteiger partial charge in [0.2, 0.25) is 0 Å². The molecule has 0 radical (unpaired) electrons. The van der Waals surface area contributed by atoms with Gasteiger partial charge in [-0.25, -0.2) is 4.90 Å². The molecule has 0 bridgehead atoms. The molecule has 2 aromatic rings. The standard InChI is InChI=1S/C14H8F5NO2S/c15-23(16,17,18,19)10-5-3-4-9(8-10)20-13(21)11-6-1-2-7-12(11)14(20)22/h1-8H. The maximum absolute atomic E-state index is 12.9. The van der Waals surface area contributed by atoms with Gasteiger partial charge in [0.05, 0.1) is 16.8 Å². The van der Waals surface area contributed by atoms with Crippen LogP contribution in [0.15, 0.2) is 53.4 Å². The summed E-state index contributed by atoms with van der Waals surface area (Å²) in [6.45, 7) is 0. The minimum Gasteiger partial charge on any atom is -0.268 e. The van der Waals surface area contributed by atoms with Crippen molar-refractivity contribution in [3.63, 3.8) is 0 Å². The Kier molecular flexibility index (Phi) is 2.63. The minimum absolute atomic E-state index is 0.00948. The van der Waals surface area contributed by atoms with Gasteiger partial charge in [-0.15, -0.1) is 0 Å². The van der Waals surface area contributed by atoms with Crippen molar-refractivity contribution >= 4 is 27.7 Å². The Bertz CT molecular complexity index is 828. The Labute approximate surface area is 127 Å². The highest BCUT2D eigenvalue weighted by Gasteiger charge is 2.65. The SMILES string of the molecule is O=C1c2ccccc2C(=O)N1c1cccc(S(F)(F)(F)(F)F)c1. The molecule has 0 saturated carbocycles. The van der Waals surface area contributed by atoms with Gasteiger partial charge >= 0.3 is 10.2 Å². The Morgan fingerprint density at radius 2 is 1.26 bits per heavy atom. The first-order chi connectivity index (χ1) is 10.4. The molecule has 0 N–H and O–H groups in total. The highest BCUT2D eigenvalue weighted by molar-refractivity contribution is 8.45. The zero-order chi connectivity index (χ0) is 17.1. The number of hydrogen-bond donors (Lipinski definition) is 0. The number of rotatable bonds is 2. The quantitative estimate of drug-likeness (QED) is 0.556. The normalized spacial score (nSPS) is 17.7. The minimum atomic E-state index is -9.90. The van der Waals surface area contributed by atoms with E-state index in [1.807, 2.05) is 0 Å². The number of halogens is 5. The van der Waals surface area contributed by atoms with Gasteiger partial charge in [0, 0.05) is 0 Å². The first kappa shape index (κ1) is 15.5. The van der Waals surface area contributed by atoms with Gasteiger partial charge in [-0.05, 0) is 30.3 Å². The van der Waals surface area contributed by atoms with Gasteiger partial charge in [0.25, 0.3) is 11.8 Å². The van der Waals surface area contributed by atoms with Crippen molar-refractivity contribution in [3.05, 3.63) is 59.7 Å². The predicted molar refractivity (Wildman–Crippen MR) is 75.4 cm³/mol. The fraction of sp³-hybridized carbons (Fsp3) is 0. The third-order valence-electron chi connectivity index (χ3n) is 3.32. The van der Waals surface area contributed by atoms with E-state index >= 15 is 0 Å². The first-order valence-electron chi connectivity index (χ1n) is 6.20. The Morgan fingerprint density at radius 1 is 0.739 bits per heavy atom. The van der Waals surface area contributed by atoms with Gasteiger partial charge in [0.15, 0.2) is 0 Å². The Balaban J connectivity index is 2.13. The van der Waals surface area contributed by atoms with E-state index in [9.17, 15) is 29.0 Å². The Morgan fingerprint density at radius 3 is 1.74 bits per heavy atom. The monoisotopic (exact) mass is 349 g/mol. The summed E-state index contributed by atoms with van der Waals surface area (Å²) in [7, 11) is -9.90. The lowest BCUT2D eigenvalue weighted by Gasteiger charge is -2.40. The molecule has 0 aliphatic carbocycles. The molecule has 0 fully saturated rings. The molecular weight excluding hydrogens is 341 g/mol. The van der Waals surface area contributed by atoms with Crippen LogP contribution in [0.2, 0.25) is 0 Å². The molecule has 122 valence electrons. The van der Waals surface area contributed by atoms with Crippen molar-refractivity contribution in [1.82, 2.24) is 0 Å². The second-order valence-corrected chi connectivity index (χ2v) is 7.37. The first-order valence-corrected chi connectivity index (χ1v) is 8.15. The van der Waals surface area contributed by atoms with Crippen LogP contribution in [0, 0.1) is 0 Å². The molecule has 1 aliphatic rings. The number of anilines is 1. The van der Waals surface area contributed by atoms with Crippen molar-refractivity contribution < 1.29 is 29.0 Å². The van der Waals surface area contributed by atoms with Crippen LogP contribution in [-0.4, -0.2) is 11.8 Å². The van der Waals surface area contributed by atoms with Crippen LogP contribution in [-0.2, 0) is 0 Å². The molecule has 0 saturated heterocycles. The molecule has 9 heteroatoms. The molecule has 0 spiro atoms. The van der Waals surface area contributed by atoms with Crippen LogP contribution >= 0.6 is 10.2 Å². The molecule has 0 aromatic heterocycles. The lowest BCUT2D eigenvalue weighted by atomic mass is 10.1. The summed E-state index contributed by atoms with van der Waals surface area (Å²) in [5.74, 6) is -1.71. The lowest BCUT2D eigenvalue weighted by Crippen LogP contribution is -2.29. The zero-order valence-electron chi connectivity index (χ0n) is 11.2. The molecule has 3 nitrogen and oxygen atoms in total. The van der Waals surface area contributed by atoms with E-state index in [0.29, 0.717) is 4.90 Å². The smallest absolute Gasteiger partial charge is 0.268 e. The molecule has 1 heterocycles. The van der Waals surface area contributed by atoms with Crippen molar-refractivity contribution in [2.24, 2.45) is 0 Å². The molecule has 23 heavy (non-hydrogen) atoms. The van der Waals surface area contributed by atoms with Crippen LogP contribution in [0.25, 0.3) is 0 Å². The molecule has 3 rings (SSSR count). The molecule has 2 aromatic carbocycles. The van der Waals surface area contributed by atoms with Crippen molar-refractivity contribution in [3.8, 4) is 0 Å². The zero-order valence-corrected chi connectivity index (χ0v) is 12.0. The van der Waals surface area contributed by atoms with E-state index in [4.69, 9.17) is 0 Å². The molecule has 2 amide bonds. The van der Waals surface area contributed by atoms with Crippen LogP contribution in [0.4, 0.5) is 25.1 Å². The van der Waals surface area contributed by atoms with Crippen molar-refractivity contribution in [2.75, 3.05) is 4.90 Å². The summed E-state index contributed by atoms with van der Waals surface area (Å²) < 4.78 is 64.4. The summed E-state index contributed by atoms with van der Waals surface area (Å²) in [6, 6.07) is 7.69. The topological polar surface area (TPSA) is 37.4 Å². The predicted octanol–water partition coefficient (Wildman–Crippen LogP) is 5.14. The van der Waals surface area contributed by atoms with Crippen LogP contribution in [0.1, 0.15) is 20.7 Å². The molecular formula is C14H8F5NO2S. The third-order valence-corrected chi connectivity index (χ3v) is 4.46. The average Bonchev–Trinajstić information content (AvgIpc) is 2.69. The van der Waals surface area contributed by atoms with E-state index in [1.54, 1.807) is 0 Å². The molecule has 0 atom stereocenters. The number of fused-ring (bicyclic) bond motifs is 1.